The normalized spacial score (nSPS) is 11.6. The number of hydrogen-bond donors (Lipinski definition) is 1. The highest BCUT2D eigenvalue weighted by molar-refractivity contribution is 6.01. The van der Waals surface area contributed by atoms with Crippen LogP contribution in [0.5, 0.6) is 11.5 Å². The summed E-state index contributed by atoms with van der Waals surface area (Å²) in [5, 5.41) is 6.44. The Bertz CT molecular complexity index is 1130. The third-order valence-electron chi connectivity index (χ3n) is 4.54. The van der Waals surface area contributed by atoms with Gasteiger partial charge < -0.3 is 19.5 Å². The van der Waals surface area contributed by atoms with Gasteiger partial charge in [0, 0.05) is 11.6 Å². The maximum atomic E-state index is 12.2. The number of anilines is 1. The summed E-state index contributed by atoms with van der Waals surface area (Å²) in [4.78, 5) is 12.2. The Labute approximate surface area is 194 Å². The molecule has 0 spiro atoms. The Morgan fingerprint density at radius 3 is 2.65 bits per heavy atom. The van der Waals surface area contributed by atoms with E-state index in [9.17, 15) is 18.0 Å². The summed E-state index contributed by atoms with van der Waals surface area (Å²) >= 11 is 0. The van der Waals surface area contributed by atoms with Crippen molar-refractivity contribution in [2.45, 2.75) is 26.4 Å². The fourth-order valence-corrected chi connectivity index (χ4v) is 2.92. The molecule has 1 N–H and O–H groups in total. The largest absolute Gasteiger partial charge is 0.496 e. The highest BCUT2D eigenvalue weighted by Crippen LogP contribution is 2.23. The van der Waals surface area contributed by atoms with Crippen molar-refractivity contribution in [1.29, 1.82) is 0 Å². The van der Waals surface area contributed by atoms with Crippen LogP contribution in [-0.4, -0.2) is 35.6 Å². The van der Waals surface area contributed by atoms with E-state index in [0.29, 0.717) is 11.4 Å². The smallest absolute Gasteiger partial charge is 0.411 e. The molecule has 0 fully saturated rings. The van der Waals surface area contributed by atoms with Gasteiger partial charge in [0.05, 0.1) is 25.2 Å². The predicted molar refractivity (Wildman–Crippen MR) is 120 cm³/mol. The summed E-state index contributed by atoms with van der Waals surface area (Å²) in [6.07, 6.45) is 1.24. The van der Waals surface area contributed by atoms with Crippen LogP contribution in [0.3, 0.4) is 0 Å². The van der Waals surface area contributed by atoms with Crippen molar-refractivity contribution < 1.29 is 32.2 Å². The summed E-state index contributed by atoms with van der Waals surface area (Å²) < 4.78 is 53.3. The maximum absolute atomic E-state index is 12.2. The van der Waals surface area contributed by atoms with Crippen molar-refractivity contribution >= 4 is 17.7 Å². The molecule has 0 aliphatic carbocycles. The lowest BCUT2D eigenvalue weighted by molar-refractivity contribution is -0.182. The fourth-order valence-electron chi connectivity index (χ4n) is 2.92. The molecule has 3 rings (SSSR count). The van der Waals surface area contributed by atoms with E-state index in [1.807, 2.05) is 37.3 Å². The zero-order chi connectivity index (χ0) is 24.6. The van der Waals surface area contributed by atoms with Gasteiger partial charge in [-0.15, -0.1) is 0 Å². The molecule has 180 valence electrons. The second-order valence-corrected chi connectivity index (χ2v) is 7.36. The molecule has 0 atom stereocenters. The van der Waals surface area contributed by atoms with Gasteiger partial charge in [-0.25, -0.2) is 4.68 Å². The molecule has 0 bridgehead atoms. The Balaban J connectivity index is 1.56. The lowest BCUT2D eigenvalue weighted by Gasteiger charge is -2.11. The molecular formula is C24H24F3N3O4. The van der Waals surface area contributed by atoms with Gasteiger partial charge in [0.2, 0.25) is 5.91 Å². The Kier molecular flexibility index (Phi) is 8.31. The van der Waals surface area contributed by atoms with Crippen LogP contribution >= 0.6 is 0 Å². The van der Waals surface area contributed by atoms with E-state index in [4.69, 9.17) is 9.47 Å². The lowest BCUT2D eigenvalue weighted by Crippen LogP contribution is -2.18. The van der Waals surface area contributed by atoms with Gasteiger partial charge in [0.25, 0.3) is 0 Å². The number of carbonyl (C=O) groups excluding carboxylic acids is 1. The van der Waals surface area contributed by atoms with Crippen LogP contribution in [0.2, 0.25) is 0 Å². The summed E-state index contributed by atoms with van der Waals surface area (Å²) in [7, 11) is 1.57. The number of hydrogen-bond acceptors (Lipinski definition) is 5. The van der Waals surface area contributed by atoms with Gasteiger partial charge in [-0.3, -0.25) is 4.79 Å². The van der Waals surface area contributed by atoms with Crippen LogP contribution in [0.15, 0.2) is 60.9 Å². The van der Waals surface area contributed by atoms with E-state index in [0.717, 1.165) is 27.1 Å². The first-order chi connectivity index (χ1) is 16.2. The van der Waals surface area contributed by atoms with Crippen LogP contribution in [0, 0.1) is 6.92 Å². The minimum absolute atomic E-state index is 0.287. The second kappa shape index (κ2) is 11.4. The molecule has 0 saturated heterocycles. The van der Waals surface area contributed by atoms with E-state index in [2.05, 4.69) is 15.2 Å². The summed E-state index contributed by atoms with van der Waals surface area (Å²) in [5.74, 6) is 0.968. The highest BCUT2D eigenvalue weighted by atomic mass is 19.4. The standard InChI is InChI=1S/C24H24F3N3O4/c1-17-3-7-21(8-4-17)34-14-19-11-18(5-9-22(19)32-2)6-10-23(31)29-20-12-28-30(13-20)16-33-15-24(25,26)27/h3-13H,14-16H2,1-2H3,(H,29,31)/b10-6+. The highest BCUT2D eigenvalue weighted by Gasteiger charge is 2.27. The van der Waals surface area contributed by atoms with Gasteiger partial charge in [0.15, 0.2) is 0 Å². The van der Waals surface area contributed by atoms with Crippen LogP contribution in [0.4, 0.5) is 18.9 Å². The Morgan fingerprint density at radius 1 is 1.18 bits per heavy atom. The summed E-state index contributed by atoms with van der Waals surface area (Å²) in [6.45, 7) is 0.523. The Hall–Kier alpha value is -3.79. The first kappa shape index (κ1) is 24.8. The maximum Gasteiger partial charge on any atom is 0.411 e. The minimum Gasteiger partial charge on any atom is -0.496 e. The first-order valence-electron chi connectivity index (χ1n) is 10.2. The van der Waals surface area contributed by atoms with E-state index in [-0.39, 0.29) is 13.3 Å². The van der Waals surface area contributed by atoms with Gasteiger partial charge in [-0.2, -0.15) is 18.3 Å². The molecule has 34 heavy (non-hydrogen) atoms. The van der Waals surface area contributed by atoms with Crippen molar-refractivity contribution in [2.24, 2.45) is 0 Å². The molecule has 2 aromatic carbocycles. The van der Waals surface area contributed by atoms with E-state index < -0.39 is 18.7 Å². The Morgan fingerprint density at radius 2 is 1.94 bits per heavy atom. The number of nitrogens with zero attached hydrogens (tertiary/aromatic N) is 2. The average Bonchev–Trinajstić information content (AvgIpc) is 3.23. The number of aromatic nitrogens is 2. The minimum atomic E-state index is -4.41. The number of halogens is 3. The molecule has 10 heteroatoms. The van der Waals surface area contributed by atoms with E-state index in [1.54, 1.807) is 25.3 Å². The molecule has 1 heterocycles. The van der Waals surface area contributed by atoms with Crippen LogP contribution in [0.25, 0.3) is 6.08 Å². The summed E-state index contributed by atoms with van der Waals surface area (Å²) in [5.41, 5.74) is 3.03. The summed E-state index contributed by atoms with van der Waals surface area (Å²) in [6, 6.07) is 13.1. The second-order valence-electron chi connectivity index (χ2n) is 7.36. The third-order valence-corrected chi connectivity index (χ3v) is 4.54. The van der Waals surface area contributed by atoms with Crippen molar-refractivity contribution in [1.82, 2.24) is 9.78 Å². The third kappa shape index (κ3) is 7.96. The molecule has 1 aromatic heterocycles. The monoisotopic (exact) mass is 475 g/mol. The number of amides is 1. The van der Waals surface area contributed by atoms with Crippen molar-refractivity contribution in [2.75, 3.05) is 19.0 Å². The lowest BCUT2D eigenvalue weighted by atomic mass is 10.1. The number of ether oxygens (including phenoxy) is 3. The van der Waals surface area contributed by atoms with Gasteiger partial charge >= 0.3 is 6.18 Å². The molecule has 1 amide bonds. The number of alkyl halides is 3. The van der Waals surface area contributed by atoms with Crippen LogP contribution in [-0.2, 0) is 22.9 Å². The quantitative estimate of drug-likeness (QED) is 0.419. The average molecular weight is 475 g/mol. The number of benzene rings is 2. The van der Waals surface area contributed by atoms with Gasteiger partial charge in [-0.1, -0.05) is 23.8 Å². The number of methoxy groups -OCH3 is 1. The van der Waals surface area contributed by atoms with Crippen LogP contribution in [0.1, 0.15) is 16.7 Å². The first-order valence-corrected chi connectivity index (χ1v) is 10.2. The van der Waals surface area contributed by atoms with Crippen molar-refractivity contribution in [3.8, 4) is 11.5 Å². The molecule has 0 aliphatic heterocycles. The number of carbonyl (C=O) groups is 1. The molecule has 0 radical (unpaired) electrons. The fraction of sp³-hybridized carbons (Fsp3) is 0.250. The van der Waals surface area contributed by atoms with Crippen molar-refractivity contribution in [3.63, 3.8) is 0 Å². The molecule has 7 nitrogen and oxygen atoms in total. The number of aryl methyl sites for hydroxylation is 1. The SMILES string of the molecule is COc1ccc(/C=C/C(=O)Nc2cnn(COCC(F)(F)F)c2)cc1COc1ccc(C)cc1. The van der Waals surface area contributed by atoms with Crippen molar-refractivity contribution in [3.05, 3.63) is 77.6 Å². The number of nitrogens with one attached hydrogen (secondary N) is 1. The van der Waals surface area contributed by atoms with Gasteiger partial charge in [-0.05, 0) is 42.8 Å². The zero-order valence-corrected chi connectivity index (χ0v) is 18.6. The van der Waals surface area contributed by atoms with E-state index in [1.165, 1.54) is 18.5 Å². The molecule has 0 aliphatic rings. The van der Waals surface area contributed by atoms with E-state index >= 15 is 0 Å². The number of rotatable bonds is 10. The molecular weight excluding hydrogens is 451 g/mol. The topological polar surface area (TPSA) is 74.6 Å². The van der Waals surface area contributed by atoms with Gasteiger partial charge in [0.1, 0.15) is 31.4 Å². The molecule has 0 saturated carbocycles. The molecule has 3 aromatic rings. The van der Waals surface area contributed by atoms with Crippen LogP contribution < -0.4 is 14.8 Å². The predicted octanol–water partition coefficient (Wildman–Crippen LogP) is 4.97. The molecule has 0 unspecified atom stereocenters. The zero-order valence-electron chi connectivity index (χ0n) is 18.6.